The highest BCUT2D eigenvalue weighted by Gasteiger charge is 2.67. The molecule has 2 rings (SSSR count). The predicted octanol–water partition coefficient (Wildman–Crippen LogP) is 2.92. The number of hydrogen-bond acceptors (Lipinski definition) is 2. The van der Waals surface area contributed by atoms with Crippen LogP contribution in [0.2, 0.25) is 0 Å². The molecule has 1 fully saturated rings. The summed E-state index contributed by atoms with van der Waals surface area (Å²) in [6.45, 7) is 1.56. The summed E-state index contributed by atoms with van der Waals surface area (Å²) in [5.74, 6) is -5.11. The fourth-order valence-corrected chi connectivity index (χ4v) is 2.76. The first-order chi connectivity index (χ1) is 7.71. The van der Waals surface area contributed by atoms with E-state index >= 15 is 0 Å². The van der Waals surface area contributed by atoms with Crippen LogP contribution in [0.3, 0.4) is 0 Å². The van der Waals surface area contributed by atoms with Crippen molar-refractivity contribution in [2.24, 2.45) is 11.8 Å². The fourth-order valence-electron chi connectivity index (χ4n) is 2.20. The van der Waals surface area contributed by atoms with E-state index in [1.165, 1.54) is 0 Å². The van der Waals surface area contributed by atoms with E-state index in [-0.39, 0.29) is 15.2 Å². The number of allylic oxidation sites excluding steroid dienone is 2. The Morgan fingerprint density at radius 1 is 1.47 bits per heavy atom. The van der Waals surface area contributed by atoms with Crippen LogP contribution >= 0.6 is 8.73 Å². The van der Waals surface area contributed by atoms with Crippen LogP contribution in [0.25, 0.3) is 0 Å². The van der Waals surface area contributed by atoms with Crippen molar-refractivity contribution in [2.75, 3.05) is 6.66 Å². The van der Waals surface area contributed by atoms with Gasteiger partial charge < -0.3 is 5.09 Å². The van der Waals surface area contributed by atoms with E-state index in [1.54, 1.807) is 6.66 Å². The highest BCUT2D eigenvalue weighted by molar-refractivity contribution is 7.34. The van der Waals surface area contributed by atoms with Gasteiger partial charge in [-0.2, -0.15) is 22.0 Å². The first-order valence-corrected chi connectivity index (χ1v) is 6.42. The van der Waals surface area contributed by atoms with Gasteiger partial charge in [-0.15, -0.1) is 0 Å². The molecule has 17 heavy (non-hydrogen) atoms. The predicted molar refractivity (Wildman–Crippen MR) is 54.7 cm³/mol. The van der Waals surface area contributed by atoms with E-state index in [9.17, 15) is 22.0 Å². The van der Waals surface area contributed by atoms with Crippen molar-refractivity contribution >= 4 is 14.4 Å². The number of alkyl halides is 5. The molecule has 2 aliphatic carbocycles. The molecule has 3 atom stereocenters. The molecule has 0 spiro atoms. The number of fused-ring (bicyclic) bond motifs is 1. The van der Waals surface area contributed by atoms with Gasteiger partial charge in [0.15, 0.2) is 0 Å². The summed E-state index contributed by atoms with van der Waals surface area (Å²) >= 11 is 0. The molecular formula is C9H10F5N2P. The Labute approximate surface area is 96.0 Å². The van der Waals surface area contributed by atoms with E-state index in [4.69, 9.17) is 5.41 Å². The molecule has 96 valence electrons. The minimum atomic E-state index is -4.87. The van der Waals surface area contributed by atoms with Crippen LogP contribution in [-0.2, 0) is 0 Å². The third-order valence-electron chi connectivity index (χ3n) is 3.03. The molecule has 0 aromatic carbocycles. The number of rotatable bonds is 3. The first kappa shape index (κ1) is 12.7. The van der Waals surface area contributed by atoms with Gasteiger partial charge in [0, 0.05) is 11.5 Å². The maximum atomic E-state index is 13.6. The molecule has 0 bridgehead atoms. The van der Waals surface area contributed by atoms with Crippen molar-refractivity contribution in [2.45, 2.75) is 18.5 Å². The maximum absolute atomic E-state index is 13.6. The molecule has 2 nitrogen and oxygen atoms in total. The normalized spacial score (nSPS) is 30.9. The van der Waals surface area contributed by atoms with Crippen LogP contribution in [0.15, 0.2) is 11.3 Å². The van der Waals surface area contributed by atoms with Gasteiger partial charge in [-0.1, -0.05) is 0 Å². The summed E-state index contributed by atoms with van der Waals surface area (Å²) in [5, 5.41) is 9.34. The quantitative estimate of drug-likeness (QED) is 0.462. The molecule has 1 saturated carbocycles. The average molecular weight is 272 g/mol. The van der Waals surface area contributed by atoms with Crippen molar-refractivity contribution in [3.05, 3.63) is 11.3 Å². The molecule has 0 radical (unpaired) electrons. The van der Waals surface area contributed by atoms with Crippen LogP contribution in [0, 0.1) is 17.2 Å². The molecule has 0 amide bonds. The molecule has 2 N–H and O–H groups in total. The van der Waals surface area contributed by atoms with Gasteiger partial charge in [0.1, 0.15) is 5.71 Å². The Bertz CT molecular complexity index is 401. The lowest BCUT2D eigenvalue weighted by molar-refractivity contribution is -0.0592. The van der Waals surface area contributed by atoms with E-state index in [0.29, 0.717) is 0 Å². The SMILES string of the molecule is CPNC1=C(C(=N)C(F)(F)F)C2CC2C1(F)F. The molecule has 0 aromatic heterocycles. The second kappa shape index (κ2) is 3.64. The standard InChI is InChI=1S/C9H10F5N2P/c1-17-16-7-5(6(15)9(12,13)14)3-2-4(3)8(7,10)11/h3-4,15-17H,2H2,1H3. The number of hydrogen-bond donors (Lipinski definition) is 2. The molecule has 0 saturated heterocycles. The van der Waals surface area contributed by atoms with Crippen LogP contribution in [0.1, 0.15) is 6.42 Å². The smallest absolute Gasteiger partial charge is 0.365 e. The maximum Gasteiger partial charge on any atom is 0.433 e. The van der Waals surface area contributed by atoms with Crippen LogP contribution in [0.4, 0.5) is 22.0 Å². The molecule has 0 aliphatic heterocycles. The van der Waals surface area contributed by atoms with Gasteiger partial charge >= 0.3 is 6.18 Å². The van der Waals surface area contributed by atoms with Crippen LogP contribution in [-0.4, -0.2) is 24.5 Å². The van der Waals surface area contributed by atoms with E-state index in [1.807, 2.05) is 0 Å². The van der Waals surface area contributed by atoms with Gasteiger partial charge in [0.2, 0.25) is 0 Å². The summed E-state index contributed by atoms with van der Waals surface area (Å²) < 4.78 is 64.6. The largest absolute Gasteiger partial charge is 0.433 e. The topological polar surface area (TPSA) is 35.9 Å². The molecule has 0 heterocycles. The lowest BCUT2D eigenvalue weighted by atomic mass is 10.1. The van der Waals surface area contributed by atoms with Crippen LogP contribution in [0.5, 0.6) is 0 Å². The van der Waals surface area contributed by atoms with Gasteiger partial charge in [-0.05, 0) is 27.7 Å². The number of nitrogens with one attached hydrogen (secondary N) is 2. The molecule has 0 aromatic rings. The Kier molecular flexibility index (Phi) is 2.73. The van der Waals surface area contributed by atoms with Crippen molar-refractivity contribution in [3.63, 3.8) is 0 Å². The Hall–Kier alpha value is -0.710. The monoisotopic (exact) mass is 272 g/mol. The zero-order chi connectivity index (χ0) is 13.0. The van der Waals surface area contributed by atoms with E-state index in [0.717, 1.165) is 0 Å². The van der Waals surface area contributed by atoms with E-state index < -0.39 is 40.9 Å². The van der Waals surface area contributed by atoms with Gasteiger partial charge in [0.25, 0.3) is 5.92 Å². The second-order valence-electron chi connectivity index (χ2n) is 4.11. The molecule has 3 unspecified atom stereocenters. The zero-order valence-electron chi connectivity index (χ0n) is 8.75. The summed E-state index contributed by atoms with van der Waals surface area (Å²) in [6, 6.07) is 0. The summed E-state index contributed by atoms with van der Waals surface area (Å²) in [5.41, 5.74) is -2.87. The summed E-state index contributed by atoms with van der Waals surface area (Å²) in [7, 11) is -0.121. The summed E-state index contributed by atoms with van der Waals surface area (Å²) in [6.07, 6.45) is -4.83. The van der Waals surface area contributed by atoms with E-state index in [2.05, 4.69) is 5.09 Å². The average Bonchev–Trinajstić information content (AvgIpc) is 2.91. The van der Waals surface area contributed by atoms with Crippen molar-refractivity contribution < 1.29 is 22.0 Å². The third-order valence-corrected chi connectivity index (χ3v) is 3.53. The minimum Gasteiger partial charge on any atom is -0.365 e. The van der Waals surface area contributed by atoms with Crippen molar-refractivity contribution in [1.82, 2.24) is 5.09 Å². The fraction of sp³-hybridized carbons (Fsp3) is 0.667. The summed E-state index contributed by atoms with van der Waals surface area (Å²) in [4.78, 5) is 0. The van der Waals surface area contributed by atoms with Gasteiger partial charge in [0.05, 0.1) is 5.70 Å². The first-order valence-electron chi connectivity index (χ1n) is 4.92. The molecule has 2 aliphatic rings. The van der Waals surface area contributed by atoms with Gasteiger partial charge in [-0.25, -0.2) is 0 Å². The third kappa shape index (κ3) is 1.84. The van der Waals surface area contributed by atoms with Crippen LogP contribution < -0.4 is 5.09 Å². The van der Waals surface area contributed by atoms with Gasteiger partial charge in [-0.3, -0.25) is 5.41 Å². The van der Waals surface area contributed by atoms with Crippen molar-refractivity contribution in [3.8, 4) is 0 Å². The highest BCUT2D eigenvalue weighted by Crippen LogP contribution is 2.63. The lowest BCUT2D eigenvalue weighted by Crippen LogP contribution is -2.30. The number of halogens is 5. The second-order valence-corrected chi connectivity index (χ2v) is 4.86. The lowest BCUT2D eigenvalue weighted by Gasteiger charge is -2.20. The molecule has 8 heteroatoms. The zero-order valence-corrected chi connectivity index (χ0v) is 9.75. The Morgan fingerprint density at radius 2 is 2.06 bits per heavy atom. The Balaban J connectivity index is 2.41. The van der Waals surface area contributed by atoms with Crippen molar-refractivity contribution in [1.29, 1.82) is 5.41 Å². The Morgan fingerprint density at radius 3 is 2.53 bits per heavy atom. The molecular weight excluding hydrogens is 262 g/mol. The highest BCUT2D eigenvalue weighted by atomic mass is 31.1. The minimum absolute atomic E-state index is 0.0405.